The Morgan fingerprint density at radius 2 is 1.83 bits per heavy atom. The van der Waals surface area contributed by atoms with E-state index in [2.05, 4.69) is 15.5 Å². The van der Waals surface area contributed by atoms with Gasteiger partial charge >= 0.3 is 0 Å². The highest BCUT2D eigenvalue weighted by molar-refractivity contribution is 6.30. The molecule has 2 N–H and O–H groups in total. The largest absolute Gasteiger partial charge is 0.353 e. The van der Waals surface area contributed by atoms with E-state index in [0.717, 1.165) is 44.1 Å². The van der Waals surface area contributed by atoms with E-state index >= 15 is 0 Å². The van der Waals surface area contributed by atoms with Crippen molar-refractivity contribution in [3.05, 3.63) is 41.0 Å². The number of hydrogen-bond acceptors (Lipinski definition) is 3. The molecule has 0 radical (unpaired) electrons. The number of piperidine rings is 1. The second-order valence-electron chi connectivity index (χ2n) is 8.09. The lowest BCUT2D eigenvalue weighted by atomic mass is 9.88. The molecule has 1 saturated carbocycles. The van der Waals surface area contributed by atoms with Crippen LogP contribution in [0.4, 0.5) is 0 Å². The molecule has 29 heavy (non-hydrogen) atoms. The zero-order chi connectivity index (χ0) is 20.2. The molecule has 0 bridgehead atoms. The lowest BCUT2D eigenvalue weighted by molar-refractivity contribution is -0.126. The van der Waals surface area contributed by atoms with Crippen LogP contribution < -0.4 is 5.32 Å². The van der Waals surface area contributed by atoms with Gasteiger partial charge in [0.2, 0.25) is 5.91 Å². The zero-order valence-corrected chi connectivity index (χ0v) is 17.3. The van der Waals surface area contributed by atoms with Gasteiger partial charge in [-0.1, -0.05) is 43.0 Å². The highest BCUT2D eigenvalue weighted by atomic mass is 35.5. The predicted molar refractivity (Wildman–Crippen MR) is 113 cm³/mol. The van der Waals surface area contributed by atoms with Gasteiger partial charge in [0.05, 0.1) is 5.69 Å². The number of aromatic nitrogens is 2. The van der Waals surface area contributed by atoms with Gasteiger partial charge in [-0.05, 0) is 43.9 Å². The van der Waals surface area contributed by atoms with Crippen molar-refractivity contribution in [1.29, 1.82) is 0 Å². The topological polar surface area (TPSA) is 78.1 Å². The Hall–Kier alpha value is -2.34. The Labute approximate surface area is 176 Å². The van der Waals surface area contributed by atoms with E-state index < -0.39 is 0 Å². The lowest BCUT2D eigenvalue weighted by Crippen LogP contribution is -2.48. The van der Waals surface area contributed by atoms with Gasteiger partial charge in [-0.25, -0.2) is 0 Å². The first kappa shape index (κ1) is 20.0. The molecular weight excluding hydrogens is 388 g/mol. The molecule has 0 atom stereocenters. The van der Waals surface area contributed by atoms with E-state index in [-0.39, 0.29) is 23.8 Å². The van der Waals surface area contributed by atoms with Gasteiger partial charge in [-0.2, -0.15) is 5.10 Å². The zero-order valence-electron chi connectivity index (χ0n) is 16.5. The molecule has 6 nitrogen and oxygen atoms in total. The molecule has 2 aromatic rings. The van der Waals surface area contributed by atoms with E-state index in [1.54, 1.807) is 12.1 Å². The maximum Gasteiger partial charge on any atom is 0.271 e. The summed E-state index contributed by atoms with van der Waals surface area (Å²) in [6, 6.07) is 9.34. The summed E-state index contributed by atoms with van der Waals surface area (Å²) in [5.74, 6) is 0.329. The number of H-pyrrole nitrogens is 1. The average molecular weight is 415 g/mol. The van der Waals surface area contributed by atoms with Crippen molar-refractivity contribution in [2.75, 3.05) is 13.1 Å². The van der Waals surface area contributed by atoms with Crippen LogP contribution in [0.5, 0.6) is 0 Å². The standard InChI is InChI=1S/C22H27ClN4O2/c23-17-8-4-7-16(13-17)19-14-20(26-25-19)22(29)27-11-9-18(10-12-27)24-21(28)15-5-2-1-3-6-15/h4,7-8,13-15,18H,1-3,5-6,9-12H2,(H,24,28)(H,25,26). The Balaban J connectivity index is 1.30. The highest BCUT2D eigenvalue weighted by Gasteiger charge is 2.28. The van der Waals surface area contributed by atoms with Gasteiger partial charge in [0.15, 0.2) is 0 Å². The molecule has 2 amide bonds. The molecule has 2 fully saturated rings. The summed E-state index contributed by atoms with van der Waals surface area (Å²) in [4.78, 5) is 27.1. The first-order valence-electron chi connectivity index (χ1n) is 10.5. The van der Waals surface area contributed by atoms with Crippen molar-refractivity contribution in [2.45, 2.75) is 51.0 Å². The Morgan fingerprint density at radius 1 is 1.07 bits per heavy atom. The van der Waals surface area contributed by atoms with E-state index in [1.165, 1.54) is 6.42 Å². The number of nitrogens with zero attached hydrogens (tertiary/aromatic N) is 2. The first-order chi connectivity index (χ1) is 14.1. The second-order valence-corrected chi connectivity index (χ2v) is 8.52. The maximum absolute atomic E-state index is 12.8. The first-order valence-corrected chi connectivity index (χ1v) is 10.9. The number of rotatable bonds is 4. The fourth-order valence-electron chi connectivity index (χ4n) is 4.31. The van der Waals surface area contributed by atoms with Crippen molar-refractivity contribution in [3.8, 4) is 11.3 Å². The Morgan fingerprint density at radius 3 is 2.55 bits per heavy atom. The monoisotopic (exact) mass is 414 g/mol. The Bertz CT molecular complexity index is 867. The molecule has 1 saturated heterocycles. The van der Waals surface area contributed by atoms with Gasteiger partial charge < -0.3 is 10.2 Å². The molecule has 4 rings (SSSR count). The summed E-state index contributed by atoms with van der Waals surface area (Å²) >= 11 is 6.04. The molecule has 1 aliphatic heterocycles. The minimum Gasteiger partial charge on any atom is -0.353 e. The number of carbonyl (C=O) groups excluding carboxylic acids is 2. The summed E-state index contributed by atoms with van der Waals surface area (Å²) in [6.07, 6.45) is 7.17. The van der Waals surface area contributed by atoms with Crippen molar-refractivity contribution >= 4 is 23.4 Å². The molecular formula is C22H27ClN4O2. The third-order valence-corrected chi connectivity index (χ3v) is 6.27. The second kappa shape index (κ2) is 8.99. The summed E-state index contributed by atoms with van der Waals surface area (Å²) in [5.41, 5.74) is 2.05. The van der Waals surface area contributed by atoms with Crippen LogP contribution in [0.2, 0.25) is 5.02 Å². The van der Waals surface area contributed by atoms with Crippen LogP contribution in [0.15, 0.2) is 30.3 Å². The number of amides is 2. The highest BCUT2D eigenvalue weighted by Crippen LogP contribution is 2.25. The van der Waals surface area contributed by atoms with Gasteiger partial charge in [0, 0.05) is 35.6 Å². The molecule has 1 aliphatic carbocycles. The number of likely N-dealkylation sites (tertiary alicyclic amines) is 1. The van der Waals surface area contributed by atoms with Crippen LogP contribution in [-0.2, 0) is 4.79 Å². The maximum atomic E-state index is 12.8. The molecule has 2 heterocycles. The summed E-state index contributed by atoms with van der Waals surface area (Å²) in [5, 5.41) is 11.0. The van der Waals surface area contributed by atoms with Crippen LogP contribution in [0, 0.1) is 5.92 Å². The summed E-state index contributed by atoms with van der Waals surface area (Å²) in [6.45, 7) is 1.28. The van der Waals surface area contributed by atoms with Crippen molar-refractivity contribution in [1.82, 2.24) is 20.4 Å². The van der Waals surface area contributed by atoms with Gasteiger partial charge in [0.25, 0.3) is 5.91 Å². The number of benzene rings is 1. The van der Waals surface area contributed by atoms with E-state index in [0.29, 0.717) is 29.5 Å². The fraction of sp³-hybridized carbons (Fsp3) is 0.500. The molecule has 1 aromatic heterocycles. The third kappa shape index (κ3) is 4.81. The van der Waals surface area contributed by atoms with Gasteiger partial charge in [0.1, 0.15) is 5.69 Å². The van der Waals surface area contributed by atoms with E-state index in [1.807, 2.05) is 23.1 Å². The minimum atomic E-state index is -0.0529. The van der Waals surface area contributed by atoms with Gasteiger partial charge in [-0.3, -0.25) is 14.7 Å². The van der Waals surface area contributed by atoms with Crippen molar-refractivity contribution in [3.63, 3.8) is 0 Å². The molecule has 7 heteroatoms. The van der Waals surface area contributed by atoms with Crippen LogP contribution in [-0.4, -0.2) is 46.0 Å². The van der Waals surface area contributed by atoms with E-state index in [4.69, 9.17) is 11.6 Å². The summed E-state index contributed by atoms with van der Waals surface area (Å²) < 4.78 is 0. The fourth-order valence-corrected chi connectivity index (χ4v) is 4.50. The number of hydrogen-bond donors (Lipinski definition) is 2. The van der Waals surface area contributed by atoms with Crippen LogP contribution in [0.3, 0.4) is 0 Å². The normalized spacial score (nSPS) is 18.6. The van der Waals surface area contributed by atoms with Gasteiger partial charge in [-0.15, -0.1) is 0 Å². The predicted octanol–water partition coefficient (Wildman–Crippen LogP) is 4.03. The van der Waals surface area contributed by atoms with Crippen LogP contribution in [0.1, 0.15) is 55.4 Å². The molecule has 1 aromatic carbocycles. The van der Waals surface area contributed by atoms with Crippen LogP contribution in [0.25, 0.3) is 11.3 Å². The van der Waals surface area contributed by atoms with E-state index in [9.17, 15) is 9.59 Å². The molecule has 2 aliphatic rings. The molecule has 0 unspecified atom stereocenters. The minimum absolute atomic E-state index is 0.0529. The van der Waals surface area contributed by atoms with Crippen molar-refractivity contribution < 1.29 is 9.59 Å². The quantitative estimate of drug-likeness (QED) is 0.792. The molecule has 0 spiro atoms. The summed E-state index contributed by atoms with van der Waals surface area (Å²) in [7, 11) is 0. The number of halogens is 1. The number of aromatic amines is 1. The van der Waals surface area contributed by atoms with Crippen LogP contribution >= 0.6 is 11.6 Å². The van der Waals surface area contributed by atoms with Crippen molar-refractivity contribution in [2.24, 2.45) is 5.92 Å². The Kier molecular flexibility index (Phi) is 6.19. The third-order valence-electron chi connectivity index (χ3n) is 6.03. The number of carbonyl (C=O) groups is 2. The lowest BCUT2D eigenvalue weighted by Gasteiger charge is -2.33. The SMILES string of the molecule is O=C(NC1CCN(C(=O)c2cc(-c3cccc(Cl)c3)n[nH]2)CC1)C1CCCCC1. The smallest absolute Gasteiger partial charge is 0.271 e. The average Bonchev–Trinajstić information content (AvgIpc) is 3.25. The number of nitrogens with one attached hydrogen (secondary N) is 2. The molecule has 154 valence electrons.